The van der Waals surface area contributed by atoms with Gasteiger partial charge >= 0.3 is 0 Å². The molecule has 0 radical (unpaired) electrons. The molecule has 2 aliphatic rings. The van der Waals surface area contributed by atoms with E-state index in [1.54, 1.807) is 0 Å². The van der Waals surface area contributed by atoms with Crippen molar-refractivity contribution in [1.29, 1.82) is 0 Å². The average molecular weight is 271 g/mol. The fourth-order valence-electron chi connectivity index (χ4n) is 2.72. The van der Waals surface area contributed by atoms with Crippen LogP contribution in [0.5, 0.6) is 0 Å². The lowest BCUT2D eigenvalue weighted by Gasteiger charge is -2.29. The predicted molar refractivity (Wildman–Crippen MR) is 76.8 cm³/mol. The van der Waals surface area contributed by atoms with E-state index in [2.05, 4.69) is 24.1 Å². The molecule has 0 bridgehead atoms. The van der Waals surface area contributed by atoms with Gasteiger partial charge in [-0.15, -0.1) is 0 Å². The molecule has 18 heavy (non-hydrogen) atoms. The van der Waals surface area contributed by atoms with Crippen LogP contribution in [0.15, 0.2) is 0 Å². The van der Waals surface area contributed by atoms with Gasteiger partial charge in [0.05, 0.1) is 12.2 Å². The minimum Gasteiger partial charge on any atom is -0.325 e. The summed E-state index contributed by atoms with van der Waals surface area (Å²) in [6.45, 7) is 8.47. The summed E-state index contributed by atoms with van der Waals surface area (Å²) in [4.78, 5) is 16.7. The van der Waals surface area contributed by atoms with Crippen molar-refractivity contribution in [3.05, 3.63) is 0 Å². The van der Waals surface area contributed by atoms with Crippen molar-refractivity contribution in [2.75, 3.05) is 37.7 Å². The molecule has 2 aliphatic heterocycles. The molecule has 0 spiro atoms. The molecule has 2 unspecified atom stereocenters. The maximum absolute atomic E-state index is 12.2. The van der Waals surface area contributed by atoms with Gasteiger partial charge in [0.1, 0.15) is 0 Å². The van der Waals surface area contributed by atoms with E-state index in [-0.39, 0.29) is 12.2 Å². The molecule has 5 heteroatoms. The van der Waals surface area contributed by atoms with Crippen LogP contribution in [0.25, 0.3) is 0 Å². The summed E-state index contributed by atoms with van der Waals surface area (Å²) < 4.78 is 0. The van der Waals surface area contributed by atoms with Crippen LogP contribution in [0.3, 0.4) is 0 Å². The maximum Gasteiger partial charge on any atom is 0.241 e. The minimum atomic E-state index is 0.0573. The Morgan fingerprint density at radius 1 is 1.33 bits per heavy atom. The van der Waals surface area contributed by atoms with Gasteiger partial charge < -0.3 is 4.90 Å². The lowest BCUT2D eigenvalue weighted by atomic mass is 10.2. The summed E-state index contributed by atoms with van der Waals surface area (Å²) in [5, 5.41) is 3.40. The number of carbonyl (C=O) groups excluding carboxylic acids is 1. The van der Waals surface area contributed by atoms with Gasteiger partial charge in [0.2, 0.25) is 5.91 Å². The second-order valence-corrected chi connectivity index (χ2v) is 6.39. The Bertz CT molecular complexity index is 281. The Morgan fingerprint density at radius 2 is 2.06 bits per heavy atom. The van der Waals surface area contributed by atoms with Gasteiger partial charge in [-0.1, -0.05) is 13.3 Å². The zero-order chi connectivity index (χ0) is 13.0. The second-order valence-electron chi connectivity index (χ2n) is 5.17. The normalized spacial score (nSPS) is 30.1. The highest BCUT2D eigenvalue weighted by Gasteiger charge is 2.35. The summed E-state index contributed by atoms with van der Waals surface area (Å²) in [5.74, 6) is 2.77. The first-order valence-corrected chi connectivity index (χ1v) is 8.24. The Balaban J connectivity index is 1.79. The summed E-state index contributed by atoms with van der Waals surface area (Å²) in [7, 11) is 0. The van der Waals surface area contributed by atoms with E-state index in [1.807, 2.05) is 16.7 Å². The number of carbonyl (C=O) groups is 1. The highest BCUT2D eigenvalue weighted by Crippen LogP contribution is 2.15. The van der Waals surface area contributed by atoms with Crippen LogP contribution in [-0.4, -0.2) is 65.6 Å². The van der Waals surface area contributed by atoms with Gasteiger partial charge in [-0.3, -0.25) is 15.0 Å². The van der Waals surface area contributed by atoms with Gasteiger partial charge in [-0.25, -0.2) is 0 Å². The van der Waals surface area contributed by atoms with Crippen LogP contribution in [0.4, 0.5) is 0 Å². The number of hydrogen-bond donors (Lipinski definition) is 1. The fourth-order valence-corrected chi connectivity index (χ4v) is 3.70. The summed E-state index contributed by atoms with van der Waals surface area (Å²) in [6.07, 6.45) is 2.22. The average Bonchev–Trinajstić information content (AvgIpc) is 2.64. The monoisotopic (exact) mass is 271 g/mol. The molecule has 104 valence electrons. The molecule has 1 amide bonds. The number of thioether (sulfide) groups is 1. The quantitative estimate of drug-likeness (QED) is 0.808. The standard InChI is InChI=1S/C13H25N3OS/c1-3-4-12-13(17)16(11(2)14-12)6-5-15-7-9-18-10-8-15/h11-12,14H,3-10H2,1-2H3. The maximum atomic E-state index is 12.2. The van der Waals surface area contributed by atoms with Crippen molar-refractivity contribution >= 4 is 17.7 Å². The fraction of sp³-hybridized carbons (Fsp3) is 0.923. The third-order valence-corrected chi connectivity index (χ3v) is 4.77. The van der Waals surface area contributed by atoms with E-state index in [0.717, 1.165) is 25.9 Å². The molecule has 2 saturated heterocycles. The number of nitrogens with one attached hydrogen (secondary N) is 1. The van der Waals surface area contributed by atoms with Crippen LogP contribution < -0.4 is 5.32 Å². The molecular formula is C13H25N3OS. The van der Waals surface area contributed by atoms with Crippen molar-refractivity contribution in [1.82, 2.24) is 15.1 Å². The van der Waals surface area contributed by atoms with Crippen molar-refractivity contribution in [3.63, 3.8) is 0 Å². The molecule has 0 saturated carbocycles. The first-order valence-electron chi connectivity index (χ1n) is 7.09. The topological polar surface area (TPSA) is 35.6 Å². The third kappa shape index (κ3) is 3.39. The van der Waals surface area contributed by atoms with Gasteiger partial charge in [-0.05, 0) is 13.3 Å². The van der Waals surface area contributed by atoms with Crippen LogP contribution in [0.2, 0.25) is 0 Å². The zero-order valence-electron chi connectivity index (χ0n) is 11.5. The van der Waals surface area contributed by atoms with Gasteiger partial charge in [-0.2, -0.15) is 11.8 Å². The van der Waals surface area contributed by atoms with Crippen LogP contribution in [0.1, 0.15) is 26.7 Å². The summed E-state index contributed by atoms with van der Waals surface area (Å²) in [5.41, 5.74) is 0. The van der Waals surface area contributed by atoms with E-state index < -0.39 is 0 Å². The summed E-state index contributed by atoms with van der Waals surface area (Å²) >= 11 is 2.03. The van der Waals surface area contributed by atoms with Gasteiger partial charge in [0.15, 0.2) is 0 Å². The lowest BCUT2D eigenvalue weighted by molar-refractivity contribution is -0.130. The molecule has 0 aliphatic carbocycles. The number of hydrogen-bond acceptors (Lipinski definition) is 4. The first kappa shape index (κ1) is 14.2. The number of amides is 1. The molecule has 4 nitrogen and oxygen atoms in total. The molecule has 2 rings (SSSR count). The Kier molecular flexibility index (Phi) is 5.33. The highest BCUT2D eigenvalue weighted by molar-refractivity contribution is 7.99. The molecule has 2 atom stereocenters. The lowest BCUT2D eigenvalue weighted by Crippen LogP contribution is -2.43. The molecule has 0 aromatic rings. The number of rotatable bonds is 5. The van der Waals surface area contributed by atoms with Crippen molar-refractivity contribution in [2.45, 2.75) is 38.9 Å². The van der Waals surface area contributed by atoms with E-state index in [0.29, 0.717) is 5.91 Å². The third-order valence-electron chi connectivity index (χ3n) is 3.83. The molecule has 2 heterocycles. The van der Waals surface area contributed by atoms with E-state index in [1.165, 1.54) is 24.6 Å². The van der Waals surface area contributed by atoms with Gasteiger partial charge in [0.25, 0.3) is 0 Å². The Hall–Kier alpha value is -0.260. The van der Waals surface area contributed by atoms with E-state index in [4.69, 9.17) is 0 Å². The SMILES string of the molecule is CCCC1NC(C)N(CCN2CCSCC2)C1=O. The number of nitrogens with zero attached hydrogens (tertiary/aromatic N) is 2. The van der Waals surface area contributed by atoms with Crippen molar-refractivity contribution in [2.24, 2.45) is 0 Å². The highest BCUT2D eigenvalue weighted by atomic mass is 32.2. The van der Waals surface area contributed by atoms with E-state index >= 15 is 0 Å². The molecule has 1 N–H and O–H groups in total. The largest absolute Gasteiger partial charge is 0.325 e. The molecular weight excluding hydrogens is 246 g/mol. The van der Waals surface area contributed by atoms with Crippen LogP contribution in [-0.2, 0) is 4.79 Å². The second kappa shape index (κ2) is 6.78. The molecule has 0 aromatic carbocycles. The van der Waals surface area contributed by atoms with E-state index in [9.17, 15) is 4.79 Å². The van der Waals surface area contributed by atoms with Crippen LogP contribution >= 0.6 is 11.8 Å². The van der Waals surface area contributed by atoms with Gasteiger partial charge in [0, 0.05) is 37.7 Å². The smallest absolute Gasteiger partial charge is 0.241 e. The Morgan fingerprint density at radius 3 is 2.72 bits per heavy atom. The molecule has 0 aromatic heterocycles. The Labute approximate surface area is 114 Å². The van der Waals surface area contributed by atoms with Crippen molar-refractivity contribution < 1.29 is 4.79 Å². The molecule has 2 fully saturated rings. The zero-order valence-corrected chi connectivity index (χ0v) is 12.3. The summed E-state index contributed by atoms with van der Waals surface area (Å²) in [6, 6.07) is 0.0573. The van der Waals surface area contributed by atoms with Crippen molar-refractivity contribution in [3.8, 4) is 0 Å². The van der Waals surface area contributed by atoms with Crippen LogP contribution in [0, 0.1) is 0 Å². The first-order chi connectivity index (χ1) is 8.72. The predicted octanol–water partition coefficient (Wildman–Crippen LogP) is 0.982. The minimum absolute atomic E-state index is 0.0573.